The van der Waals surface area contributed by atoms with Gasteiger partial charge in [-0.3, -0.25) is 0 Å². The number of pyridine rings is 1. The summed E-state index contributed by atoms with van der Waals surface area (Å²) in [4.78, 5) is 0. The van der Waals surface area contributed by atoms with Gasteiger partial charge in [0.15, 0.2) is 5.69 Å². The second kappa shape index (κ2) is 6.45. The molecule has 0 saturated heterocycles. The van der Waals surface area contributed by atoms with Crippen molar-refractivity contribution in [2.75, 3.05) is 11.5 Å². The van der Waals surface area contributed by atoms with E-state index in [4.69, 9.17) is 11.5 Å². The molecule has 3 heteroatoms. The molecule has 3 rings (SSSR count). The standard InChI is InChI=1S/C20H25N3/c1-3-4-5-6-11-23-14(2)19-12-15(21)7-9-17(19)18-10-8-16(22)13-20(18)23/h7-10,12-13,22H,3-6,11,21H2,1-2H3/p+1. The first kappa shape index (κ1) is 15.6. The second-order valence-corrected chi connectivity index (χ2v) is 6.38. The van der Waals surface area contributed by atoms with Gasteiger partial charge >= 0.3 is 0 Å². The Bertz CT molecular complexity index is 852. The molecule has 0 amide bonds. The van der Waals surface area contributed by atoms with Crippen molar-refractivity contribution in [3.8, 4) is 0 Å². The van der Waals surface area contributed by atoms with Gasteiger partial charge in [0.2, 0.25) is 5.52 Å². The van der Waals surface area contributed by atoms with Gasteiger partial charge in [-0.1, -0.05) is 25.8 Å². The fourth-order valence-electron chi connectivity index (χ4n) is 3.41. The maximum atomic E-state index is 6.05. The molecular weight excluding hydrogens is 282 g/mol. The molecule has 0 bridgehead atoms. The minimum Gasteiger partial charge on any atom is -0.399 e. The van der Waals surface area contributed by atoms with Crippen LogP contribution in [0.3, 0.4) is 0 Å². The smallest absolute Gasteiger partial charge is 0.215 e. The summed E-state index contributed by atoms with van der Waals surface area (Å²) in [5, 5.41) is 3.73. The molecule has 2 aromatic carbocycles. The fourth-order valence-corrected chi connectivity index (χ4v) is 3.41. The maximum Gasteiger partial charge on any atom is 0.215 e. The van der Waals surface area contributed by atoms with Crippen LogP contribution in [0, 0.1) is 6.92 Å². The molecule has 0 saturated carbocycles. The first-order valence-electron chi connectivity index (χ1n) is 8.52. The van der Waals surface area contributed by atoms with E-state index in [-0.39, 0.29) is 0 Å². The number of unbranched alkanes of at least 4 members (excludes halogenated alkanes) is 3. The fraction of sp³-hybridized carbons (Fsp3) is 0.350. The molecule has 4 N–H and O–H groups in total. The van der Waals surface area contributed by atoms with Crippen LogP contribution in [0.15, 0.2) is 36.4 Å². The number of rotatable bonds is 5. The van der Waals surface area contributed by atoms with E-state index < -0.39 is 0 Å². The molecule has 1 heterocycles. The van der Waals surface area contributed by atoms with E-state index >= 15 is 0 Å². The average molecular weight is 308 g/mol. The van der Waals surface area contributed by atoms with Crippen molar-refractivity contribution >= 4 is 33.1 Å². The van der Waals surface area contributed by atoms with Gasteiger partial charge in [0.1, 0.15) is 6.54 Å². The van der Waals surface area contributed by atoms with Crippen LogP contribution < -0.4 is 16.0 Å². The molecule has 0 aliphatic rings. The van der Waals surface area contributed by atoms with Crippen molar-refractivity contribution in [1.29, 1.82) is 0 Å². The Hall–Kier alpha value is -2.29. The summed E-state index contributed by atoms with van der Waals surface area (Å²) < 4.78 is 2.41. The third-order valence-corrected chi connectivity index (χ3v) is 4.68. The van der Waals surface area contributed by atoms with Crippen LogP contribution in [0.5, 0.6) is 0 Å². The van der Waals surface area contributed by atoms with Crippen LogP contribution in [-0.4, -0.2) is 0 Å². The average Bonchev–Trinajstić information content (AvgIpc) is 2.54. The van der Waals surface area contributed by atoms with Gasteiger partial charge in [-0.15, -0.1) is 0 Å². The summed E-state index contributed by atoms with van der Waals surface area (Å²) in [6, 6.07) is 12.4. The van der Waals surface area contributed by atoms with Crippen LogP contribution in [0.2, 0.25) is 0 Å². The molecule has 0 aliphatic carbocycles. The summed E-state index contributed by atoms with van der Waals surface area (Å²) >= 11 is 0. The quantitative estimate of drug-likeness (QED) is 0.319. The Balaban J connectivity index is 2.21. The number of nitrogens with zero attached hydrogens (tertiary/aromatic N) is 1. The van der Waals surface area contributed by atoms with Crippen LogP contribution in [0.1, 0.15) is 38.3 Å². The predicted octanol–water partition coefficient (Wildman–Crippen LogP) is 4.33. The third kappa shape index (κ3) is 2.96. The first-order chi connectivity index (χ1) is 11.1. The highest BCUT2D eigenvalue weighted by atomic mass is 15.0. The summed E-state index contributed by atoms with van der Waals surface area (Å²) in [5.41, 5.74) is 16.2. The molecule has 0 atom stereocenters. The number of aryl methyl sites for hydroxylation is 2. The lowest BCUT2D eigenvalue weighted by atomic mass is 10.0. The van der Waals surface area contributed by atoms with E-state index in [0.29, 0.717) is 0 Å². The van der Waals surface area contributed by atoms with E-state index in [1.165, 1.54) is 53.1 Å². The number of benzene rings is 2. The summed E-state index contributed by atoms with van der Waals surface area (Å²) in [7, 11) is 0. The minimum atomic E-state index is 0.813. The second-order valence-electron chi connectivity index (χ2n) is 6.38. The first-order valence-corrected chi connectivity index (χ1v) is 8.52. The van der Waals surface area contributed by atoms with E-state index in [0.717, 1.165) is 17.9 Å². The van der Waals surface area contributed by atoms with Gasteiger partial charge in [0, 0.05) is 36.2 Å². The minimum absolute atomic E-state index is 0.813. The molecule has 3 aromatic rings. The van der Waals surface area contributed by atoms with Crippen molar-refractivity contribution < 1.29 is 4.57 Å². The van der Waals surface area contributed by atoms with E-state index in [1.807, 2.05) is 12.1 Å². The lowest BCUT2D eigenvalue weighted by Gasteiger charge is -2.10. The van der Waals surface area contributed by atoms with Crippen molar-refractivity contribution in [3.63, 3.8) is 0 Å². The highest BCUT2D eigenvalue weighted by Crippen LogP contribution is 2.28. The lowest BCUT2D eigenvalue weighted by Crippen LogP contribution is -2.38. The van der Waals surface area contributed by atoms with Gasteiger partial charge in [-0.05, 0) is 30.7 Å². The Morgan fingerprint density at radius 2 is 1.52 bits per heavy atom. The van der Waals surface area contributed by atoms with Crippen molar-refractivity contribution in [2.45, 2.75) is 46.1 Å². The topological polar surface area (TPSA) is 55.9 Å². The van der Waals surface area contributed by atoms with Crippen LogP contribution in [-0.2, 0) is 6.54 Å². The van der Waals surface area contributed by atoms with Crippen LogP contribution in [0.4, 0.5) is 11.4 Å². The number of hydrogen-bond donors (Lipinski definition) is 2. The van der Waals surface area contributed by atoms with Crippen molar-refractivity contribution in [2.24, 2.45) is 0 Å². The van der Waals surface area contributed by atoms with Gasteiger partial charge < -0.3 is 11.5 Å². The number of hydrogen-bond acceptors (Lipinski definition) is 2. The number of anilines is 2. The maximum absolute atomic E-state index is 6.05. The molecular formula is C20H26N3+. The molecule has 3 nitrogen and oxygen atoms in total. The normalized spacial score (nSPS) is 11.4. The zero-order chi connectivity index (χ0) is 16.4. The van der Waals surface area contributed by atoms with Gasteiger partial charge in [0.25, 0.3) is 0 Å². The molecule has 0 spiro atoms. The lowest BCUT2D eigenvalue weighted by molar-refractivity contribution is -0.676. The monoisotopic (exact) mass is 308 g/mol. The summed E-state index contributed by atoms with van der Waals surface area (Å²) in [5.74, 6) is 0. The van der Waals surface area contributed by atoms with Crippen molar-refractivity contribution in [1.82, 2.24) is 0 Å². The zero-order valence-electron chi connectivity index (χ0n) is 14.1. The van der Waals surface area contributed by atoms with Gasteiger partial charge in [0.05, 0.1) is 10.8 Å². The van der Waals surface area contributed by atoms with E-state index in [2.05, 4.69) is 42.7 Å². The highest BCUT2D eigenvalue weighted by molar-refractivity contribution is 6.06. The Morgan fingerprint density at radius 1 is 0.826 bits per heavy atom. The van der Waals surface area contributed by atoms with E-state index in [1.54, 1.807) is 0 Å². The largest absolute Gasteiger partial charge is 0.399 e. The molecule has 23 heavy (non-hydrogen) atoms. The summed E-state index contributed by atoms with van der Waals surface area (Å²) in [6.07, 6.45) is 5.00. The molecule has 0 aliphatic heterocycles. The molecule has 0 radical (unpaired) electrons. The molecule has 0 fully saturated rings. The summed E-state index contributed by atoms with van der Waals surface area (Å²) in [6.45, 7) is 5.45. The number of nitrogen functional groups attached to an aromatic ring is 2. The van der Waals surface area contributed by atoms with Crippen molar-refractivity contribution in [3.05, 3.63) is 42.1 Å². The predicted molar refractivity (Wildman–Crippen MR) is 99.4 cm³/mol. The SMILES string of the molecule is CCCCCC[n+]1c(C)c2cc(N)ccc2c2ccc(N)cc21. The number of aromatic nitrogens is 1. The zero-order valence-corrected chi connectivity index (χ0v) is 14.1. The van der Waals surface area contributed by atoms with Gasteiger partial charge in [-0.25, -0.2) is 0 Å². The third-order valence-electron chi connectivity index (χ3n) is 4.68. The Labute approximate surface area is 137 Å². The molecule has 120 valence electrons. The van der Waals surface area contributed by atoms with Crippen LogP contribution >= 0.6 is 0 Å². The number of nitrogens with two attached hydrogens (primary N) is 2. The highest BCUT2D eigenvalue weighted by Gasteiger charge is 2.18. The molecule has 1 aromatic heterocycles. The van der Waals surface area contributed by atoms with Gasteiger partial charge in [-0.2, -0.15) is 4.57 Å². The molecule has 0 unspecified atom stereocenters. The Morgan fingerprint density at radius 3 is 2.26 bits per heavy atom. The van der Waals surface area contributed by atoms with Crippen LogP contribution in [0.25, 0.3) is 21.7 Å². The van der Waals surface area contributed by atoms with E-state index in [9.17, 15) is 0 Å². The number of fused-ring (bicyclic) bond motifs is 3. The Kier molecular flexibility index (Phi) is 4.37.